The molecular weight excluding hydrogens is 86.1 g/mol. The summed E-state index contributed by atoms with van der Waals surface area (Å²) in [6, 6.07) is 0.500. The molecule has 0 aromatic heterocycles. The molecule has 0 aliphatic heterocycles. The molecule has 0 unspecified atom stereocenters. The molecule has 0 saturated carbocycles. The molecule has 1 heteroatoms. The average Bonchev–Trinajstić information content (AvgIpc) is 1.65. The SMILES string of the molecule is C=C[C@@H](C)N(C)C. The Morgan fingerprint density at radius 1 is 1.57 bits per heavy atom. The molecule has 0 aliphatic rings. The van der Waals surface area contributed by atoms with Gasteiger partial charge in [-0.3, -0.25) is 0 Å². The second kappa shape index (κ2) is 2.80. The Kier molecular flexibility index (Phi) is 2.68. The van der Waals surface area contributed by atoms with Crippen LogP contribution in [-0.4, -0.2) is 25.0 Å². The summed E-state index contributed by atoms with van der Waals surface area (Å²) in [4.78, 5) is 2.10. The summed E-state index contributed by atoms with van der Waals surface area (Å²) >= 11 is 0. The minimum Gasteiger partial charge on any atom is -0.303 e. The number of nitrogens with zero attached hydrogens (tertiary/aromatic N) is 1. The molecule has 0 N–H and O–H groups in total. The largest absolute Gasteiger partial charge is 0.303 e. The summed E-state index contributed by atoms with van der Waals surface area (Å²) < 4.78 is 0. The van der Waals surface area contributed by atoms with Gasteiger partial charge in [0.1, 0.15) is 0 Å². The zero-order valence-electron chi connectivity index (χ0n) is 5.31. The van der Waals surface area contributed by atoms with E-state index in [4.69, 9.17) is 0 Å². The van der Waals surface area contributed by atoms with Crippen LogP contribution in [0.3, 0.4) is 0 Å². The van der Waals surface area contributed by atoms with Gasteiger partial charge in [-0.1, -0.05) is 6.08 Å². The molecule has 42 valence electrons. The maximum atomic E-state index is 3.64. The number of likely N-dealkylation sites (N-methyl/N-ethyl adjacent to an activating group) is 1. The third kappa shape index (κ3) is 2.40. The lowest BCUT2D eigenvalue weighted by atomic mass is 10.3. The summed E-state index contributed by atoms with van der Waals surface area (Å²) in [5, 5.41) is 0. The van der Waals surface area contributed by atoms with E-state index in [9.17, 15) is 0 Å². The van der Waals surface area contributed by atoms with Crippen LogP contribution in [-0.2, 0) is 0 Å². The van der Waals surface area contributed by atoms with Crippen LogP contribution in [0.4, 0.5) is 0 Å². The van der Waals surface area contributed by atoms with Gasteiger partial charge in [0.05, 0.1) is 0 Å². The smallest absolute Gasteiger partial charge is 0.0241 e. The normalized spacial score (nSPS) is 14.3. The quantitative estimate of drug-likeness (QED) is 0.469. The Hall–Kier alpha value is -0.300. The molecule has 0 saturated heterocycles. The van der Waals surface area contributed by atoms with Gasteiger partial charge in [0.2, 0.25) is 0 Å². The fourth-order valence-corrected chi connectivity index (χ4v) is 0.211. The Labute approximate surface area is 45.6 Å². The first-order valence-electron chi connectivity index (χ1n) is 2.47. The van der Waals surface area contributed by atoms with Gasteiger partial charge >= 0.3 is 0 Å². The second-order valence-electron chi connectivity index (χ2n) is 1.94. The maximum Gasteiger partial charge on any atom is 0.0241 e. The topological polar surface area (TPSA) is 3.24 Å². The van der Waals surface area contributed by atoms with Crippen LogP contribution in [0.1, 0.15) is 6.92 Å². The van der Waals surface area contributed by atoms with Crippen molar-refractivity contribution in [1.29, 1.82) is 0 Å². The predicted molar refractivity (Wildman–Crippen MR) is 33.3 cm³/mol. The Balaban J connectivity index is 3.33. The molecule has 0 bridgehead atoms. The van der Waals surface area contributed by atoms with Crippen LogP contribution in [0.15, 0.2) is 12.7 Å². The van der Waals surface area contributed by atoms with Crippen molar-refractivity contribution in [3.8, 4) is 0 Å². The molecule has 0 rings (SSSR count). The Morgan fingerprint density at radius 2 is 2.00 bits per heavy atom. The molecule has 0 radical (unpaired) electrons. The van der Waals surface area contributed by atoms with Crippen molar-refractivity contribution >= 4 is 0 Å². The van der Waals surface area contributed by atoms with Crippen molar-refractivity contribution in [3.63, 3.8) is 0 Å². The number of rotatable bonds is 2. The average molecular weight is 99.2 g/mol. The van der Waals surface area contributed by atoms with E-state index in [1.54, 1.807) is 0 Å². The monoisotopic (exact) mass is 99.1 g/mol. The van der Waals surface area contributed by atoms with E-state index in [-0.39, 0.29) is 0 Å². The molecule has 1 atom stereocenters. The van der Waals surface area contributed by atoms with E-state index in [2.05, 4.69) is 18.4 Å². The van der Waals surface area contributed by atoms with Gasteiger partial charge in [0, 0.05) is 6.04 Å². The highest BCUT2D eigenvalue weighted by Gasteiger charge is 1.93. The molecule has 1 nitrogen and oxygen atoms in total. The van der Waals surface area contributed by atoms with Crippen LogP contribution in [0.25, 0.3) is 0 Å². The lowest BCUT2D eigenvalue weighted by Crippen LogP contribution is -2.21. The first-order chi connectivity index (χ1) is 3.18. The van der Waals surface area contributed by atoms with Gasteiger partial charge in [-0.05, 0) is 21.0 Å². The van der Waals surface area contributed by atoms with Crippen LogP contribution in [0.2, 0.25) is 0 Å². The highest BCUT2D eigenvalue weighted by molar-refractivity contribution is 4.80. The van der Waals surface area contributed by atoms with Crippen LogP contribution < -0.4 is 0 Å². The van der Waals surface area contributed by atoms with Crippen molar-refractivity contribution < 1.29 is 0 Å². The zero-order valence-corrected chi connectivity index (χ0v) is 5.31. The second-order valence-corrected chi connectivity index (χ2v) is 1.94. The van der Waals surface area contributed by atoms with E-state index < -0.39 is 0 Å². The predicted octanol–water partition coefficient (Wildman–Crippen LogP) is 1.12. The van der Waals surface area contributed by atoms with Gasteiger partial charge in [0.25, 0.3) is 0 Å². The fraction of sp³-hybridized carbons (Fsp3) is 0.667. The Bertz CT molecular complexity index is 57.2. The minimum atomic E-state index is 0.500. The standard InChI is InChI=1S/C6H13N/c1-5-6(2)7(3)4/h5-6H,1H2,2-4H3/t6-/m1/s1. The Morgan fingerprint density at radius 3 is 2.00 bits per heavy atom. The van der Waals surface area contributed by atoms with E-state index in [1.165, 1.54) is 0 Å². The summed E-state index contributed by atoms with van der Waals surface area (Å²) in [6.45, 7) is 5.74. The molecule has 0 heterocycles. The van der Waals surface area contributed by atoms with E-state index in [1.807, 2.05) is 20.2 Å². The van der Waals surface area contributed by atoms with Crippen LogP contribution >= 0.6 is 0 Å². The minimum absolute atomic E-state index is 0.500. The molecule has 7 heavy (non-hydrogen) atoms. The highest BCUT2D eigenvalue weighted by Crippen LogP contribution is 1.88. The van der Waals surface area contributed by atoms with E-state index in [0.29, 0.717) is 6.04 Å². The van der Waals surface area contributed by atoms with Crippen molar-refractivity contribution in [2.45, 2.75) is 13.0 Å². The van der Waals surface area contributed by atoms with Gasteiger partial charge in [0.15, 0.2) is 0 Å². The van der Waals surface area contributed by atoms with E-state index in [0.717, 1.165) is 0 Å². The van der Waals surface area contributed by atoms with Gasteiger partial charge in [-0.2, -0.15) is 0 Å². The van der Waals surface area contributed by atoms with Gasteiger partial charge in [-0.15, -0.1) is 6.58 Å². The molecule has 0 amide bonds. The number of hydrogen-bond acceptors (Lipinski definition) is 1. The molecule has 0 spiro atoms. The lowest BCUT2D eigenvalue weighted by Gasteiger charge is -2.13. The summed E-state index contributed by atoms with van der Waals surface area (Å²) in [5.74, 6) is 0. The van der Waals surface area contributed by atoms with Crippen LogP contribution in [0, 0.1) is 0 Å². The van der Waals surface area contributed by atoms with Crippen molar-refractivity contribution in [3.05, 3.63) is 12.7 Å². The van der Waals surface area contributed by atoms with Crippen molar-refractivity contribution in [2.75, 3.05) is 14.1 Å². The fourth-order valence-electron chi connectivity index (χ4n) is 0.211. The van der Waals surface area contributed by atoms with Crippen molar-refractivity contribution in [2.24, 2.45) is 0 Å². The molecule has 0 fully saturated rings. The zero-order chi connectivity index (χ0) is 5.86. The van der Waals surface area contributed by atoms with Gasteiger partial charge in [-0.25, -0.2) is 0 Å². The van der Waals surface area contributed by atoms with E-state index >= 15 is 0 Å². The highest BCUT2D eigenvalue weighted by atomic mass is 15.1. The maximum absolute atomic E-state index is 3.64. The summed E-state index contributed by atoms with van der Waals surface area (Å²) in [6.07, 6.45) is 1.92. The summed E-state index contributed by atoms with van der Waals surface area (Å²) in [5.41, 5.74) is 0. The van der Waals surface area contributed by atoms with Crippen molar-refractivity contribution in [1.82, 2.24) is 4.90 Å². The first-order valence-corrected chi connectivity index (χ1v) is 2.47. The lowest BCUT2D eigenvalue weighted by molar-refractivity contribution is 0.364. The first kappa shape index (κ1) is 6.70. The number of hydrogen-bond donors (Lipinski definition) is 0. The van der Waals surface area contributed by atoms with Gasteiger partial charge < -0.3 is 4.90 Å². The van der Waals surface area contributed by atoms with Crippen LogP contribution in [0.5, 0.6) is 0 Å². The summed E-state index contributed by atoms with van der Waals surface area (Å²) in [7, 11) is 4.07. The molecule has 0 aromatic rings. The molecule has 0 aromatic carbocycles. The third-order valence-corrected chi connectivity index (χ3v) is 1.16. The molecule has 0 aliphatic carbocycles. The third-order valence-electron chi connectivity index (χ3n) is 1.16. The molecular formula is C6H13N.